The Morgan fingerprint density at radius 1 is 0.786 bits per heavy atom. The second-order valence-corrected chi connectivity index (χ2v) is 4.08. The van der Waals surface area contributed by atoms with Gasteiger partial charge in [0.2, 0.25) is 0 Å². The monoisotopic (exact) mass is 188 g/mol. The minimum atomic E-state index is 1.14. The standard InChI is InChI=1S/C9H14.C5H6/c1-6-5-7(2)9(4)8(6)3;1-2-4-5-3-1/h5H2,1-4H3;1-4H,5H2. The van der Waals surface area contributed by atoms with Crippen LogP contribution in [0.3, 0.4) is 0 Å². The number of hydrogen-bond acceptors (Lipinski definition) is 0. The first-order valence-electron chi connectivity index (χ1n) is 5.27. The summed E-state index contributed by atoms with van der Waals surface area (Å²) in [5.41, 5.74) is 6.11. The molecule has 2 rings (SSSR count). The summed E-state index contributed by atoms with van der Waals surface area (Å²) in [4.78, 5) is 0. The highest BCUT2D eigenvalue weighted by Crippen LogP contribution is 2.30. The Labute approximate surface area is 87.7 Å². The molecule has 0 heterocycles. The third-order valence-corrected chi connectivity index (χ3v) is 3.03. The van der Waals surface area contributed by atoms with Crippen molar-refractivity contribution in [2.45, 2.75) is 40.5 Å². The molecule has 0 fully saturated rings. The number of hydrogen-bond donors (Lipinski definition) is 0. The zero-order valence-electron chi connectivity index (χ0n) is 9.72. The fraction of sp³-hybridized carbons (Fsp3) is 0.429. The first kappa shape index (κ1) is 11.0. The van der Waals surface area contributed by atoms with E-state index in [4.69, 9.17) is 0 Å². The van der Waals surface area contributed by atoms with Gasteiger partial charge in [0.25, 0.3) is 0 Å². The third-order valence-electron chi connectivity index (χ3n) is 3.03. The van der Waals surface area contributed by atoms with Crippen LogP contribution >= 0.6 is 0 Å². The molecule has 0 spiro atoms. The average molecular weight is 188 g/mol. The van der Waals surface area contributed by atoms with Crippen LogP contribution < -0.4 is 0 Å². The van der Waals surface area contributed by atoms with Crippen molar-refractivity contribution in [3.8, 4) is 0 Å². The Kier molecular flexibility index (Phi) is 3.94. The zero-order valence-corrected chi connectivity index (χ0v) is 9.72. The summed E-state index contributed by atoms with van der Waals surface area (Å²) in [5, 5.41) is 0. The van der Waals surface area contributed by atoms with Crippen LogP contribution in [0.15, 0.2) is 46.6 Å². The summed E-state index contributed by atoms with van der Waals surface area (Å²) in [5.74, 6) is 0. The van der Waals surface area contributed by atoms with Gasteiger partial charge in [-0.15, -0.1) is 0 Å². The van der Waals surface area contributed by atoms with Gasteiger partial charge >= 0.3 is 0 Å². The lowest BCUT2D eigenvalue weighted by Crippen LogP contribution is -1.74. The van der Waals surface area contributed by atoms with E-state index in [1.165, 1.54) is 17.6 Å². The van der Waals surface area contributed by atoms with Crippen LogP contribution in [0.4, 0.5) is 0 Å². The summed E-state index contributed by atoms with van der Waals surface area (Å²) in [6.45, 7) is 8.85. The van der Waals surface area contributed by atoms with Crippen LogP contribution in [0.1, 0.15) is 40.5 Å². The minimum absolute atomic E-state index is 1.14. The molecule has 0 saturated carbocycles. The van der Waals surface area contributed by atoms with Crippen molar-refractivity contribution in [2.24, 2.45) is 0 Å². The van der Waals surface area contributed by atoms with E-state index in [9.17, 15) is 0 Å². The van der Waals surface area contributed by atoms with E-state index < -0.39 is 0 Å². The molecule has 0 aliphatic heterocycles. The predicted octanol–water partition coefficient (Wildman–Crippen LogP) is 4.57. The average Bonchev–Trinajstić information content (AvgIpc) is 2.78. The highest BCUT2D eigenvalue weighted by atomic mass is 14.2. The second kappa shape index (κ2) is 4.99. The first-order chi connectivity index (χ1) is 6.63. The van der Waals surface area contributed by atoms with E-state index >= 15 is 0 Å². The molecular weight excluding hydrogens is 168 g/mol. The van der Waals surface area contributed by atoms with Crippen molar-refractivity contribution in [3.05, 3.63) is 46.6 Å². The molecule has 2 aliphatic carbocycles. The third kappa shape index (κ3) is 2.73. The maximum atomic E-state index is 2.22. The van der Waals surface area contributed by atoms with Crippen molar-refractivity contribution in [1.82, 2.24) is 0 Å². The van der Waals surface area contributed by atoms with E-state index in [1.54, 1.807) is 11.1 Å². The van der Waals surface area contributed by atoms with Crippen LogP contribution in [0.5, 0.6) is 0 Å². The smallest absolute Gasteiger partial charge is 0.0102 e. The lowest BCUT2D eigenvalue weighted by atomic mass is 10.1. The summed E-state index contributed by atoms with van der Waals surface area (Å²) in [7, 11) is 0. The molecule has 0 nitrogen and oxygen atoms in total. The molecule has 0 unspecified atom stereocenters. The van der Waals surface area contributed by atoms with Gasteiger partial charge in [0.1, 0.15) is 0 Å². The van der Waals surface area contributed by atoms with Gasteiger partial charge in [-0.25, -0.2) is 0 Å². The summed E-state index contributed by atoms with van der Waals surface area (Å²) >= 11 is 0. The maximum Gasteiger partial charge on any atom is -0.0102 e. The van der Waals surface area contributed by atoms with Gasteiger partial charge < -0.3 is 0 Å². The van der Waals surface area contributed by atoms with Crippen molar-refractivity contribution in [2.75, 3.05) is 0 Å². The van der Waals surface area contributed by atoms with Gasteiger partial charge in [-0.05, 0) is 51.7 Å². The van der Waals surface area contributed by atoms with Gasteiger partial charge in [0.05, 0.1) is 0 Å². The van der Waals surface area contributed by atoms with Gasteiger partial charge in [0, 0.05) is 0 Å². The molecule has 0 radical (unpaired) electrons. The quantitative estimate of drug-likeness (QED) is 0.522. The molecule has 2 aliphatic rings. The molecule has 0 amide bonds. The van der Waals surface area contributed by atoms with Gasteiger partial charge in [-0.1, -0.05) is 35.5 Å². The number of allylic oxidation sites excluding steroid dienone is 8. The molecule has 0 heteroatoms. The lowest BCUT2D eigenvalue weighted by Gasteiger charge is -1.94. The summed E-state index contributed by atoms with van der Waals surface area (Å²) in [6, 6.07) is 0. The fourth-order valence-electron chi connectivity index (χ4n) is 1.70. The van der Waals surface area contributed by atoms with Gasteiger partial charge in [-0.3, -0.25) is 0 Å². The Bertz CT molecular complexity index is 290. The fourth-order valence-corrected chi connectivity index (χ4v) is 1.70. The van der Waals surface area contributed by atoms with Crippen molar-refractivity contribution in [1.29, 1.82) is 0 Å². The van der Waals surface area contributed by atoms with E-state index in [0.717, 1.165) is 6.42 Å². The minimum Gasteiger partial charge on any atom is -0.0808 e. The van der Waals surface area contributed by atoms with Crippen LogP contribution in [-0.4, -0.2) is 0 Å². The molecule has 0 aromatic carbocycles. The van der Waals surface area contributed by atoms with Crippen molar-refractivity contribution in [3.63, 3.8) is 0 Å². The van der Waals surface area contributed by atoms with Crippen LogP contribution in [0.2, 0.25) is 0 Å². The largest absolute Gasteiger partial charge is 0.0808 e. The highest BCUT2D eigenvalue weighted by Gasteiger charge is 2.10. The van der Waals surface area contributed by atoms with Crippen molar-refractivity contribution >= 4 is 0 Å². The molecule has 76 valence electrons. The molecule has 0 bridgehead atoms. The molecule has 0 saturated heterocycles. The van der Waals surface area contributed by atoms with Crippen LogP contribution in [0.25, 0.3) is 0 Å². The van der Waals surface area contributed by atoms with Crippen molar-refractivity contribution < 1.29 is 0 Å². The Hall–Kier alpha value is -1.04. The molecule has 0 N–H and O–H groups in total. The number of rotatable bonds is 0. The van der Waals surface area contributed by atoms with Crippen LogP contribution in [-0.2, 0) is 0 Å². The topological polar surface area (TPSA) is 0 Å². The summed E-state index contributed by atoms with van der Waals surface area (Å²) in [6.07, 6.45) is 10.7. The highest BCUT2D eigenvalue weighted by molar-refractivity contribution is 5.43. The maximum absolute atomic E-state index is 2.22. The SMILES string of the molecule is C1=CCC=C1.CC1=C(C)C(C)=C(C)C1. The Balaban J connectivity index is 0.000000165. The molecule has 0 aromatic rings. The lowest BCUT2D eigenvalue weighted by molar-refractivity contribution is 1.13. The van der Waals surface area contributed by atoms with E-state index in [0.29, 0.717) is 0 Å². The second-order valence-electron chi connectivity index (χ2n) is 4.08. The molecule has 14 heavy (non-hydrogen) atoms. The van der Waals surface area contributed by atoms with E-state index in [-0.39, 0.29) is 0 Å². The van der Waals surface area contributed by atoms with Gasteiger partial charge in [0.15, 0.2) is 0 Å². The van der Waals surface area contributed by atoms with Gasteiger partial charge in [-0.2, -0.15) is 0 Å². The predicted molar refractivity (Wildman–Crippen MR) is 64.3 cm³/mol. The zero-order chi connectivity index (χ0) is 10.6. The molecule has 0 atom stereocenters. The Morgan fingerprint density at radius 3 is 1.36 bits per heavy atom. The van der Waals surface area contributed by atoms with E-state index in [2.05, 4.69) is 52.0 Å². The molecule has 0 aromatic heterocycles. The Morgan fingerprint density at radius 2 is 1.21 bits per heavy atom. The normalized spacial score (nSPS) is 19.1. The van der Waals surface area contributed by atoms with E-state index in [1.807, 2.05) is 0 Å². The summed E-state index contributed by atoms with van der Waals surface area (Å²) < 4.78 is 0. The first-order valence-corrected chi connectivity index (χ1v) is 5.27. The van der Waals surface area contributed by atoms with Crippen LogP contribution in [0, 0.1) is 0 Å². The molecular formula is C14H20.